The Hall–Kier alpha value is -3.19. The number of piperazine rings is 1. The summed E-state index contributed by atoms with van der Waals surface area (Å²) in [7, 11) is 2.05. The van der Waals surface area contributed by atoms with Crippen LogP contribution in [0, 0.1) is 5.82 Å². The van der Waals surface area contributed by atoms with Crippen LogP contribution in [0.5, 0.6) is 0 Å². The normalized spacial score (nSPS) is 14.9. The first-order valence-electron chi connectivity index (χ1n) is 9.63. The zero-order chi connectivity index (χ0) is 20.4. The van der Waals surface area contributed by atoms with Crippen LogP contribution in [0.2, 0.25) is 0 Å². The molecule has 2 amide bonds. The van der Waals surface area contributed by atoms with Crippen molar-refractivity contribution in [2.45, 2.75) is 6.54 Å². The first-order valence-corrected chi connectivity index (χ1v) is 9.63. The summed E-state index contributed by atoms with van der Waals surface area (Å²) in [6, 6.07) is 13.3. The highest BCUT2D eigenvalue weighted by Crippen LogP contribution is 2.17. The van der Waals surface area contributed by atoms with Gasteiger partial charge in [-0.05, 0) is 49.0 Å². The molecule has 29 heavy (non-hydrogen) atoms. The van der Waals surface area contributed by atoms with Crippen molar-refractivity contribution in [1.82, 2.24) is 20.1 Å². The van der Waals surface area contributed by atoms with E-state index >= 15 is 0 Å². The molecular weight excluding hydrogens is 371 g/mol. The number of amides is 2. The molecule has 6 nitrogen and oxygen atoms in total. The van der Waals surface area contributed by atoms with Crippen LogP contribution in [-0.2, 0) is 6.54 Å². The van der Waals surface area contributed by atoms with Gasteiger partial charge in [-0.15, -0.1) is 0 Å². The van der Waals surface area contributed by atoms with E-state index in [-0.39, 0.29) is 17.6 Å². The largest absolute Gasteiger partial charge is 0.351 e. The van der Waals surface area contributed by atoms with Crippen molar-refractivity contribution >= 4 is 22.7 Å². The Bertz CT molecular complexity index is 1040. The number of aromatic amines is 1. The quantitative estimate of drug-likeness (QED) is 0.715. The average molecular weight is 394 g/mol. The van der Waals surface area contributed by atoms with Crippen molar-refractivity contribution in [3.8, 4) is 0 Å². The second-order valence-electron chi connectivity index (χ2n) is 7.39. The molecule has 1 aromatic heterocycles. The van der Waals surface area contributed by atoms with E-state index in [1.165, 1.54) is 12.1 Å². The van der Waals surface area contributed by atoms with Gasteiger partial charge < -0.3 is 20.1 Å². The molecule has 0 saturated carbocycles. The lowest BCUT2D eigenvalue weighted by atomic mass is 10.1. The van der Waals surface area contributed by atoms with Crippen LogP contribution in [0.1, 0.15) is 26.4 Å². The number of aromatic nitrogens is 1. The Balaban J connectivity index is 1.36. The van der Waals surface area contributed by atoms with Crippen molar-refractivity contribution in [1.29, 1.82) is 0 Å². The number of H-pyrrole nitrogens is 1. The predicted molar refractivity (Wildman–Crippen MR) is 109 cm³/mol. The number of halogens is 1. The molecule has 150 valence electrons. The topological polar surface area (TPSA) is 68.4 Å². The van der Waals surface area contributed by atoms with E-state index in [4.69, 9.17) is 0 Å². The Morgan fingerprint density at radius 2 is 1.76 bits per heavy atom. The number of carbonyl (C=O) groups is 2. The number of carbonyl (C=O) groups excluding carboxylic acids is 2. The fourth-order valence-corrected chi connectivity index (χ4v) is 3.46. The molecule has 1 aliphatic heterocycles. The Morgan fingerprint density at radius 1 is 1.03 bits per heavy atom. The minimum Gasteiger partial charge on any atom is -0.351 e. The van der Waals surface area contributed by atoms with Gasteiger partial charge in [0.05, 0.1) is 0 Å². The van der Waals surface area contributed by atoms with Crippen LogP contribution >= 0.6 is 0 Å². The van der Waals surface area contributed by atoms with Gasteiger partial charge in [0.25, 0.3) is 11.8 Å². The zero-order valence-electron chi connectivity index (χ0n) is 16.2. The number of nitrogens with zero attached hydrogens (tertiary/aromatic N) is 2. The van der Waals surface area contributed by atoms with Gasteiger partial charge >= 0.3 is 0 Å². The standard InChI is InChI=1S/C22H23FN4O2/c1-26-8-10-27(11-9-26)22(29)16-4-2-15(3-5-16)14-24-21(28)20-13-17-12-18(23)6-7-19(17)25-20/h2-7,12-13,25H,8-11,14H2,1H3,(H,24,28). The van der Waals surface area contributed by atoms with Gasteiger partial charge in [0.2, 0.25) is 0 Å². The average Bonchev–Trinajstić information content (AvgIpc) is 3.16. The zero-order valence-corrected chi connectivity index (χ0v) is 16.2. The minimum atomic E-state index is -0.338. The maximum Gasteiger partial charge on any atom is 0.267 e. The number of hydrogen-bond donors (Lipinski definition) is 2. The van der Waals surface area contributed by atoms with Gasteiger partial charge in [0.15, 0.2) is 0 Å². The van der Waals surface area contributed by atoms with Crippen LogP contribution < -0.4 is 5.32 Å². The number of fused-ring (bicyclic) bond motifs is 1. The van der Waals surface area contributed by atoms with Gasteiger partial charge in [0, 0.05) is 49.2 Å². The lowest BCUT2D eigenvalue weighted by Crippen LogP contribution is -2.47. The SMILES string of the molecule is CN1CCN(C(=O)c2ccc(CNC(=O)c3cc4cc(F)ccc4[nH]3)cc2)CC1. The fraction of sp³-hybridized carbons (Fsp3) is 0.273. The van der Waals surface area contributed by atoms with E-state index in [1.807, 2.05) is 17.0 Å². The molecule has 0 aliphatic carbocycles. The summed E-state index contributed by atoms with van der Waals surface area (Å²) in [6.45, 7) is 3.58. The number of benzene rings is 2. The highest BCUT2D eigenvalue weighted by Gasteiger charge is 2.20. The van der Waals surface area contributed by atoms with E-state index in [0.717, 1.165) is 31.7 Å². The summed E-state index contributed by atoms with van der Waals surface area (Å²) in [4.78, 5) is 32.0. The molecule has 1 saturated heterocycles. The molecule has 0 atom stereocenters. The highest BCUT2D eigenvalue weighted by molar-refractivity contribution is 5.98. The third-order valence-corrected chi connectivity index (χ3v) is 5.27. The molecule has 0 bridgehead atoms. The smallest absolute Gasteiger partial charge is 0.267 e. The molecule has 2 aromatic carbocycles. The molecule has 1 aliphatic rings. The lowest BCUT2D eigenvalue weighted by Gasteiger charge is -2.32. The Morgan fingerprint density at radius 3 is 2.48 bits per heavy atom. The van der Waals surface area contributed by atoms with Crippen molar-refractivity contribution in [2.75, 3.05) is 33.2 Å². The molecule has 1 fully saturated rings. The molecule has 3 aromatic rings. The molecular formula is C22H23FN4O2. The molecule has 0 spiro atoms. The van der Waals surface area contributed by atoms with Crippen LogP contribution in [0.4, 0.5) is 4.39 Å². The maximum atomic E-state index is 13.3. The number of hydrogen-bond acceptors (Lipinski definition) is 3. The van der Waals surface area contributed by atoms with Crippen molar-refractivity contribution < 1.29 is 14.0 Å². The van der Waals surface area contributed by atoms with Crippen molar-refractivity contribution in [3.63, 3.8) is 0 Å². The summed E-state index contributed by atoms with van der Waals surface area (Å²) in [5.41, 5.74) is 2.65. The predicted octanol–water partition coefficient (Wildman–Crippen LogP) is 2.62. The molecule has 4 rings (SSSR count). The van der Waals surface area contributed by atoms with Crippen molar-refractivity contribution in [2.24, 2.45) is 0 Å². The summed E-state index contributed by atoms with van der Waals surface area (Å²) in [5.74, 6) is -0.562. The Labute approximate surface area is 168 Å². The van der Waals surface area contributed by atoms with E-state index in [1.54, 1.807) is 24.3 Å². The highest BCUT2D eigenvalue weighted by atomic mass is 19.1. The van der Waals surface area contributed by atoms with Crippen LogP contribution in [-0.4, -0.2) is 59.8 Å². The van der Waals surface area contributed by atoms with E-state index in [2.05, 4.69) is 22.2 Å². The maximum absolute atomic E-state index is 13.3. The van der Waals surface area contributed by atoms with Crippen molar-refractivity contribution in [3.05, 3.63) is 71.2 Å². The monoisotopic (exact) mass is 394 g/mol. The van der Waals surface area contributed by atoms with E-state index in [9.17, 15) is 14.0 Å². The van der Waals surface area contributed by atoms with Crippen LogP contribution in [0.15, 0.2) is 48.5 Å². The van der Waals surface area contributed by atoms with Gasteiger partial charge in [-0.3, -0.25) is 9.59 Å². The molecule has 0 radical (unpaired) electrons. The summed E-state index contributed by atoms with van der Waals surface area (Å²) >= 11 is 0. The number of likely N-dealkylation sites (N-methyl/N-ethyl adjacent to an activating group) is 1. The third kappa shape index (κ3) is 4.30. The Kier molecular flexibility index (Phi) is 5.31. The number of nitrogens with one attached hydrogen (secondary N) is 2. The summed E-state index contributed by atoms with van der Waals surface area (Å²) < 4.78 is 13.3. The first kappa shape index (κ1) is 19.1. The second-order valence-corrected chi connectivity index (χ2v) is 7.39. The van der Waals surface area contributed by atoms with E-state index in [0.29, 0.717) is 28.7 Å². The first-order chi connectivity index (χ1) is 14.0. The minimum absolute atomic E-state index is 0.0407. The fourth-order valence-electron chi connectivity index (χ4n) is 3.46. The van der Waals surface area contributed by atoms with Gasteiger partial charge in [-0.1, -0.05) is 12.1 Å². The third-order valence-electron chi connectivity index (χ3n) is 5.27. The number of rotatable bonds is 4. The summed E-state index contributed by atoms with van der Waals surface area (Å²) in [6.07, 6.45) is 0. The van der Waals surface area contributed by atoms with Crippen LogP contribution in [0.3, 0.4) is 0 Å². The lowest BCUT2D eigenvalue weighted by molar-refractivity contribution is 0.0664. The van der Waals surface area contributed by atoms with Crippen LogP contribution in [0.25, 0.3) is 10.9 Å². The van der Waals surface area contributed by atoms with Gasteiger partial charge in [0.1, 0.15) is 11.5 Å². The van der Waals surface area contributed by atoms with Gasteiger partial charge in [-0.2, -0.15) is 0 Å². The van der Waals surface area contributed by atoms with E-state index < -0.39 is 0 Å². The van der Waals surface area contributed by atoms with Gasteiger partial charge in [-0.25, -0.2) is 4.39 Å². The summed E-state index contributed by atoms with van der Waals surface area (Å²) in [5, 5.41) is 3.50. The molecule has 7 heteroatoms. The second kappa shape index (κ2) is 8.05. The molecule has 2 heterocycles. The molecule has 0 unspecified atom stereocenters. The molecule has 2 N–H and O–H groups in total.